The quantitative estimate of drug-likeness (QED) is 0.224. The van der Waals surface area contributed by atoms with Crippen LogP contribution in [0.4, 0.5) is 9.59 Å². The van der Waals surface area contributed by atoms with Gasteiger partial charge in [0.25, 0.3) is 0 Å². The fraction of sp³-hybridized carbons (Fsp3) is 0.312. The molecule has 3 aromatic heterocycles. The van der Waals surface area contributed by atoms with E-state index in [1.54, 1.807) is 85.0 Å². The van der Waals surface area contributed by atoms with E-state index in [1.165, 1.54) is 12.3 Å². The number of aliphatic hydroxyl groups is 1. The maximum absolute atomic E-state index is 12.5. The molecule has 0 spiro atoms. The van der Waals surface area contributed by atoms with Crippen molar-refractivity contribution in [3.63, 3.8) is 0 Å². The minimum absolute atomic E-state index is 0.0656. The molecule has 45 heavy (non-hydrogen) atoms. The standard InChI is InChI=1S/C32H34N6O7/c1-3-14-35-24(4-2)26-31(44-29(40)41)20-37(18-22-11-5-8-15-33-22)21-32(28(31)39,45-30(42)43)27(25-13-7-10-17-36-25)38(26)19-23-12-6-9-16-34-23/h3-17,26-28,39H,1,18-21H2,2H3,(H,40,41)(H,42,43)/b24-4-,35-14-. The summed E-state index contributed by atoms with van der Waals surface area (Å²) in [6.07, 6.45) is 4.28. The lowest BCUT2D eigenvalue weighted by atomic mass is 9.64. The number of rotatable bonds is 10. The average molecular weight is 615 g/mol. The lowest BCUT2D eigenvalue weighted by Gasteiger charge is -2.65. The number of aromatic nitrogens is 3. The Balaban J connectivity index is 1.83. The van der Waals surface area contributed by atoms with Crippen molar-refractivity contribution in [2.24, 2.45) is 4.99 Å². The van der Waals surface area contributed by atoms with Crippen molar-refractivity contribution in [1.82, 2.24) is 24.8 Å². The van der Waals surface area contributed by atoms with Crippen molar-refractivity contribution < 1.29 is 34.4 Å². The molecule has 0 aromatic carbocycles. The normalized spacial score (nSPS) is 27.2. The number of nitrogens with zero attached hydrogens (tertiary/aromatic N) is 6. The van der Waals surface area contributed by atoms with E-state index in [0.29, 0.717) is 22.8 Å². The number of carboxylic acid groups (broad SMARTS) is 2. The maximum Gasteiger partial charge on any atom is 0.506 e. The van der Waals surface area contributed by atoms with Crippen molar-refractivity contribution in [3.8, 4) is 0 Å². The van der Waals surface area contributed by atoms with Crippen molar-refractivity contribution in [1.29, 1.82) is 0 Å². The first kappa shape index (κ1) is 31.4. The topological polar surface area (TPSA) is 171 Å². The van der Waals surface area contributed by atoms with Crippen LogP contribution in [0.25, 0.3) is 0 Å². The Morgan fingerprint density at radius 1 is 0.933 bits per heavy atom. The first-order valence-electron chi connectivity index (χ1n) is 14.3. The molecule has 234 valence electrons. The molecule has 2 saturated heterocycles. The van der Waals surface area contributed by atoms with Gasteiger partial charge < -0.3 is 24.8 Å². The Bertz CT molecular complexity index is 1560. The first-order valence-corrected chi connectivity index (χ1v) is 14.3. The lowest BCUT2D eigenvalue weighted by molar-refractivity contribution is -0.297. The third-order valence-corrected chi connectivity index (χ3v) is 8.07. The van der Waals surface area contributed by atoms with Gasteiger partial charge in [-0.25, -0.2) is 9.59 Å². The molecule has 2 aliphatic heterocycles. The van der Waals surface area contributed by atoms with Gasteiger partial charge >= 0.3 is 12.3 Å². The molecule has 5 atom stereocenters. The monoisotopic (exact) mass is 614 g/mol. The van der Waals surface area contributed by atoms with Crippen molar-refractivity contribution in [2.75, 3.05) is 13.1 Å². The highest BCUT2D eigenvalue weighted by Crippen LogP contribution is 2.54. The van der Waals surface area contributed by atoms with Crippen molar-refractivity contribution >= 4 is 18.5 Å². The molecule has 13 heteroatoms. The minimum Gasteiger partial charge on any atom is -0.450 e. The van der Waals surface area contributed by atoms with Gasteiger partial charge in [0.2, 0.25) is 0 Å². The summed E-state index contributed by atoms with van der Waals surface area (Å²) in [6, 6.07) is 13.7. The molecule has 5 heterocycles. The predicted molar refractivity (Wildman–Crippen MR) is 162 cm³/mol. The van der Waals surface area contributed by atoms with Crippen LogP contribution in [0.2, 0.25) is 0 Å². The highest BCUT2D eigenvalue weighted by molar-refractivity contribution is 5.71. The molecule has 2 bridgehead atoms. The Kier molecular flexibility index (Phi) is 9.32. The van der Waals surface area contributed by atoms with E-state index in [0.717, 1.165) is 0 Å². The zero-order chi connectivity index (χ0) is 32.0. The fourth-order valence-electron chi connectivity index (χ4n) is 6.65. The number of allylic oxidation sites excluding steroid dienone is 2. The van der Waals surface area contributed by atoms with E-state index in [9.17, 15) is 24.9 Å². The molecular formula is C32H34N6O7. The second kappa shape index (κ2) is 13.3. The van der Waals surface area contributed by atoms with E-state index in [-0.39, 0.29) is 26.2 Å². The number of ether oxygens (including phenoxy) is 2. The summed E-state index contributed by atoms with van der Waals surface area (Å²) in [5.74, 6) is 0. The zero-order valence-electron chi connectivity index (χ0n) is 24.6. The largest absolute Gasteiger partial charge is 0.506 e. The van der Waals surface area contributed by atoms with E-state index < -0.39 is 41.7 Å². The van der Waals surface area contributed by atoms with Crippen LogP contribution in [-0.4, -0.2) is 95.0 Å². The highest BCUT2D eigenvalue weighted by atomic mass is 16.7. The molecule has 0 aliphatic carbocycles. The molecule has 2 fully saturated rings. The summed E-state index contributed by atoms with van der Waals surface area (Å²) in [7, 11) is 0. The maximum atomic E-state index is 12.5. The first-order chi connectivity index (χ1) is 21.7. The van der Waals surface area contributed by atoms with Crippen LogP contribution in [0.5, 0.6) is 0 Å². The third-order valence-electron chi connectivity index (χ3n) is 8.07. The second-order valence-corrected chi connectivity index (χ2v) is 10.8. The van der Waals surface area contributed by atoms with Gasteiger partial charge in [0.05, 0.1) is 34.9 Å². The number of fused-ring (bicyclic) bond motifs is 2. The molecular weight excluding hydrogens is 580 g/mol. The molecule has 5 unspecified atom stereocenters. The summed E-state index contributed by atoms with van der Waals surface area (Å²) in [5, 5.41) is 32.8. The lowest BCUT2D eigenvalue weighted by Crippen LogP contribution is -2.84. The van der Waals surface area contributed by atoms with Crippen LogP contribution < -0.4 is 0 Å². The van der Waals surface area contributed by atoms with Gasteiger partial charge in [-0.1, -0.05) is 36.9 Å². The number of carbonyl (C=O) groups is 2. The van der Waals surface area contributed by atoms with Gasteiger partial charge in [0.1, 0.15) is 6.10 Å². The van der Waals surface area contributed by atoms with Crippen LogP contribution in [-0.2, 0) is 22.6 Å². The van der Waals surface area contributed by atoms with Crippen LogP contribution in [0.3, 0.4) is 0 Å². The number of piperidine rings is 2. The number of hydrogen-bond donors (Lipinski definition) is 3. The Hall–Kier alpha value is -4.98. The Morgan fingerprint density at radius 2 is 1.51 bits per heavy atom. The number of aliphatic imine (C=N–C) groups is 1. The van der Waals surface area contributed by atoms with Gasteiger partial charge in [0, 0.05) is 51.0 Å². The molecule has 3 aromatic rings. The van der Waals surface area contributed by atoms with E-state index in [4.69, 9.17) is 9.47 Å². The van der Waals surface area contributed by atoms with Crippen LogP contribution in [0, 0.1) is 0 Å². The molecule has 5 rings (SSSR count). The minimum atomic E-state index is -2.02. The summed E-state index contributed by atoms with van der Waals surface area (Å²) in [4.78, 5) is 46.8. The number of likely N-dealkylation sites (tertiary alicyclic amines) is 2. The highest BCUT2D eigenvalue weighted by Gasteiger charge is 2.73. The summed E-state index contributed by atoms with van der Waals surface area (Å²) >= 11 is 0. The van der Waals surface area contributed by atoms with Gasteiger partial charge in [0.15, 0.2) is 11.2 Å². The van der Waals surface area contributed by atoms with E-state index in [1.807, 2.05) is 11.0 Å². The third kappa shape index (κ3) is 6.18. The number of aliphatic hydroxyl groups excluding tert-OH is 1. The molecule has 2 aliphatic rings. The predicted octanol–water partition coefficient (Wildman–Crippen LogP) is 3.70. The van der Waals surface area contributed by atoms with E-state index in [2.05, 4.69) is 26.5 Å². The fourth-order valence-corrected chi connectivity index (χ4v) is 6.65. The van der Waals surface area contributed by atoms with Gasteiger partial charge in [-0.2, -0.15) is 0 Å². The van der Waals surface area contributed by atoms with Gasteiger partial charge in [-0.3, -0.25) is 29.7 Å². The van der Waals surface area contributed by atoms with Crippen molar-refractivity contribution in [3.05, 3.63) is 115 Å². The molecule has 0 radical (unpaired) electrons. The molecule has 13 nitrogen and oxygen atoms in total. The van der Waals surface area contributed by atoms with Crippen molar-refractivity contribution in [2.45, 2.75) is 49.4 Å². The summed E-state index contributed by atoms with van der Waals surface area (Å²) in [6.45, 7) is 5.40. The molecule has 0 saturated carbocycles. The van der Waals surface area contributed by atoms with Gasteiger partial charge in [-0.05, 0) is 43.3 Å². The Morgan fingerprint density at radius 3 is 2.04 bits per heavy atom. The van der Waals surface area contributed by atoms with Crippen LogP contribution >= 0.6 is 0 Å². The van der Waals surface area contributed by atoms with E-state index >= 15 is 0 Å². The Labute approximate surface area is 259 Å². The SMILES string of the molecule is C=C/C=N\C(=C/C)C1N(Cc2ccccn2)C(c2ccccn2)C2(OC(=O)O)CN(Cc3ccccn3)CC1(OC(=O)O)C2O. The average Bonchev–Trinajstić information content (AvgIpc) is 3.02. The van der Waals surface area contributed by atoms with Gasteiger partial charge in [-0.15, -0.1) is 0 Å². The zero-order valence-corrected chi connectivity index (χ0v) is 24.6. The smallest absolute Gasteiger partial charge is 0.450 e. The molecule has 3 N–H and O–H groups in total. The second-order valence-electron chi connectivity index (χ2n) is 10.8. The van der Waals surface area contributed by atoms with Crippen LogP contribution in [0.15, 0.2) is 103 Å². The molecule has 0 amide bonds. The number of pyridine rings is 3. The number of hydrogen-bond acceptors (Lipinski definition) is 11. The van der Waals surface area contributed by atoms with Crippen LogP contribution in [0.1, 0.15) is 30.0 Å². The summed E-state index contributed by atoms with van der Waals surface area (Å²) < 4.78 is 11.5. The summed E-state index contributed by atoms with van der Waals surface area (Å²) in [5.41, 5.74) is -2.08.